The second-order valence-corrected chi connectivity index (χ2v) is 5.64. The van der Waals surface area contributed by atoms with E-state index < -0.39 is 0 Å². The molecule has 0 amide bonds. The molecule has 0 aromatic heterocycles. The first-order chi connectivity index (χ1) is 10.1. The number of nitrogens with zero attached hydrogens (tertiary/aromatic N) is 1. The van der Waals surface area contributed by atoms with Crippen molar-refractivity contribution >= 4 is 5.71 Å². The first kappa shape index (κ1) is 15.6. The van der Waals surface area contributed by atoms with Crippen molar-refractivity contribution in [3.05, 3.63) is 47.5 Å². The molecule has 0 aliphatic carbocycles. The van der Waals surface area contributed by atoms with Crippen LogP contribution in [0.1, 0.15) is 40.0 Å². The number of methoxy groups -OCH3 is 1. The Balaban J connectivity index is 2.59. The van der Waals surface area contributed by atoms with Crippen LogP contribution in [0.2, 0.25) is 0 Å². The summed E-state index contributed by atoms with van der Waals surface area (Å²) in [4.78, 5) is 4.64. The molecule has 21 heavy (non-hydrogen) atoms. The number of dihydropyridines is 1. The predicted octanol–water partition coefficient (Wildman–Crippen LogP) is 4.11. The lowest BCUT2D eigenvalue weighted by atomic mass is 9.87. The van der Waals surface area contributed by atoms with Gasteiger partial charge in [-0.15, -0.1) is 0 Å². The first-order valence-electron chi connectivity index (χ1n) is 7.80. The Morgan fingerprint density at radius 2 is 2.24 bits per heavy atom. The highest BCUT2D eigenvalue weighted by Gasteiger charge is 2.29. The summed E-state index contributed by atoms with van der Waals surface area (Å²) >= 11 is 0. The van der Waals surface area contributed by atoms with Gasteiger partial charge < -0.3 is 10.1 Å². The quantitative estimate of drug-likeness (QED) is 0.843. The Morgan fingerprint density at radius 1 is 1.48 bits per heavy atom. The molecule has 2 aliphatic heterocycles. The summed E-state index contributed by atoms with van der Waals surface area (Å²) < 4.78 is 5.68. The number of allylic oxidation sites excluding steroid dienone is 4. The average molecular weight is 286 g/mol. The van der Waals surface area contributed by atoms with E-state index >= 15 is 0 Å². The zero-order chi connectivity index (χ0) is 15.4. The van der Waals surface area contributed by atoms with Gasteiger partial charge in [0.25, 0.3) is 0 Å². The van der Waals surface area contributed by atoms with Gasteiger partial charge in [0.1, 0.15) is 5.76 Å². The van der Waals surface area contributed by atoms with Gasteiger partial charge in [-0.1, -0.05) is 33.4 Å². The summed E-state index contributed by atoms with van der Waals surface area (Å²) in [6, 6.07) is 0.320. The van der Waals surface area contributed by atoms with E-state index in [1.165, 1.54) is 5.70 Å². The van der Waals surface area contributed by atoms with Gasteiger partial charge in [0, 0.05) is 23.9 Å². The second-order valence-electron chi connectivity index (χ2n) is 5.64. The number of nitrogens with one attached hydrogen (secondary N) is 1. The minimum Gasteiger partial charge on any atom is -0.496 e. The first-order valence-corrected chi connectivity index (χ1v) is 7.80. The topological polar surface area (TPSA) is 33.6 Å². The largest absolute Gasteiger partial charge is 0.496 e. The van der Waals surface area contributed by atoms with E-state index in [1.54, 1.807) is 7.11 Å². The molecule has 0 aromatic rings. The normalized spacial score (nSPS) is 29.1. The van der Waals surface area contributed by atoms with Gasteiger partial charge in [0.2, 0.25) is 0 Å². The van der Waals surface area contributed by atoms with Crippen LogP contribution in [0, 0.1) is 5.92 Å². The predicted molar refractivity (Wildman–Crippen MR) is 89.1 cm³/mol. The maximum absolute atomic E-state index is 5.68. The zero-order valence-corrected chi connectivity index (χ0v) is 13.6. The van der Waals surface area contributed by atoms with Crippen molar-refractivity contribution in [1.82, 2.24) is 5.32 Å². The van der Waals surface area contributed by atoms with Gasteiger partial charge in [-0.05, 0) is 30.9 Å². The van der Waals surface area contributed by atoms with Crippen molar-refractivity contribution < 1.29 is 4.74 Å². The third-order valence-electron chi connectivity index (χ3n) is 4.16. The molecule has 2 atom stereocenters. The second kappa shape index (κ2) is 6.79. The van der Waals surface area contributed by atoms with Crippen LogP contribution in [-0.4, -0.2) is 18.9 Å². The van der Waals surface area contributed by atoms with E-state index in [1.807, 2.05) is 6.20 Å². The van der Waals surface area contributed by atoms with Gasteiger partial charge in [-0.25, -0.2) is 0 Å². The van der Waals surface area contributed by atoms with Crippen LogP contribution < -0.4 is 5.32 Å². The lowest BCUT2D eigenvalue weighted by molar-refractivity contribution is 0.293. The molecular weight excluding hydrogens is 260 g/mol. The molecule has 2 rings (SSSR count). The standard InChI is InChI=1S/C18H26N2O/c1-6-12(3)17-16-15(21-5)11-14(7-2)20-18(16)13(4)9-8-10-19-17/h8,10-11,13-14,20H,3,6-7,9H2,1-2,4-5H3/b10-8+,19-17-. The Hall–Kier alpha value is -1.77. The highest BCUT2D eigenvalue weighted by Crippen LogP contribution is 2.32. The van der Waals surface area contributed by atoms with Gasteiger partial charge in [-0.3, -0.25) is 4.99 Å². The molecule has 0 radical (unpaired) electrons. The minimum atomic E-state index is 0.320. The van der Waals surface area contributed by atoms with Crippen LogP contribution in [0.3, 0.4) is 0 Å². The Morgan fingerprint density at radius 3 is 2.86 bits per heavy atom. The van der Waals surface area contributed by atoms with Crippen molar-refractivity contribution in [3.63, 3.8) is 0 Å². The summed E-state index contributed by atoms with van der Waals surface area (Å²) in [7, 11) is 1.74. The number of hydrogen-bond donors (Lipinski definition) is 1. The molecular formula is C18H26N2O. The molecule has 114 valence electrons. The maximum atomic E-state index is 5.68. The lowest BCUT2D eigenvalue weighted by Crippen LogP contribution is -2.36. The number of rotatable bonds is 4. The van der Waals surface area contributed by atoms with Gasteiger partial charge >= 0.3 is 0 Å². The Kier molecular flexibility index (Phi) is 5.05. The highest BCUT2D eigenvalue weighted by molar-refractivity contribution is 6.15. The molecule has 0 saturated carbocycles. The molecule has 3 nitrogen and oxygen atoms in total. The summed E-state index contributed by atoms with van der Waals surface area (Å²) in [6.45, 7) is 10.7. The van der Waals surface area contributed by atoms with E-state index in [9.17, 15) is 0 Å². The van der Waals surface area contributed by atoms with Crippen molar-refractivity contribution in [2.75, 3.05) is 7.11 Å². The van der Waals surface area contributed by atoms with Crippen LogP contribution in [0.4, 0.5) is 0 Å². The molecule has 0 bridgehead atoms. The number of ether oxygens (including phenoxy) is 1. The van der Waals surface area contributed by atoms with E-state index in [0.29, 0.717) is 12.0 Å². The smallest absolute Gasteiger partial charge is 0.128 e. The van der Waals surface area contributed by atoms with Gasteiger partial charge in [0.15, 0.2) is 0 Å². The molecule has 0 spiro atoms. The van der Waals surface area contributed by atoms with Crippen LogP contribution in [0.15, 0.2) is 52.5 Å². The molecule has 0 saturated heterocycles. The van der Waals surface area contributed by atoms with Crippen molar-refractivity contribution in [1.29, 1.82) is 0 Å². The Labute approximate surface area is 128 Å². The highest BCUT2D eigenvalue weighted by atomic mass is 16.5. The Bertz CT molecular complexity index is 537. The van der Waals surface area contributed by atoms with E-state index in [-0.39, 0.29) is 0 Å². The minimum absolute atomic E-state index is 0.320. The summed E-state index contributed by atoms with van der Waals surface area (Å²) in [5.41, 5.74) is 4.32. The average Bonchev–Trinajstić information content (AvgIpc) is 2.51. The third-order valence-corrected chi connectivity index (χ3v) is 4.16. The molecule has 3 heteroatoms. The molecule has 2 heterocycles. The lowest BCUT2D eigenvalue weighted by Gasteiger charge is -2.32. The fraction of sp³-hybridized carbons (Fsp3) is 0.500. The van der Waals surface area contributed by atoms with Crippen LogP contribution in [0.5, 0.6) is 0 Å². The molecule has 1 N–H and O–H groups in total. The van der Waals surface area contributed by atoms with Crippen molar-refractivity contribution in [2.45, 2.75) is 46.1 Å². The summed E-state index contributed by atoms with van der Waals surface area (Å²) in [5, 5.41) is 3.66. The summed E-state index contributed by atoms with van der Waals surface area (Å²) in [6.07, 6.45) is 9.09. The fourth-order valence-electron chi connectivity index (χ4n) is 2.75. The monoisotopic (exact) mass is 286 g/mol. The summed E-state index contributed by atoms with van der Waals surface area (Å²) in [5.74, 6) is 1.34. The zero-order valence-electron chi connectivity index (χ0n) is 13.6. The SMILES string of the molecule is C=C(CC)/C1=N/C=C/CC(C)C2=C1C(OC)=CC(CC)N2. The molecule has 0 aromatic carbocycles. The number of hydrogen-bond acceptors (Lipinski definition) is 3. The third kappa shape index (κ3) is 3.12. The van der Waals surface area contributed by atoms with Crippen LogP contribution >= 0.6 is 0 Å². The van der Waals surface area contributed by atoms with Crippen molar-refractivity contribution in [3.8, 4) is 0 Å². The number of aliphatic imine (C=N–C) groups is 1. The van der Waals surface area contributed by atoms with E-state index in [0.717, 1.165) is 41.9 Å². The molecule has 2 unspecified atom stereocenters. The molecule has 0 fully saturated rings. The van der Waals surface area contributed by atoms with E-state index in [4.69, 9.17) is 4.74 Å². The van der Waals surface area contributed by atoms with Crippen molar-refractivity contribution in [2.24, 2.45) is 10.9 Å². The van der Waals surface area contributed by atoms with Gasteiger partial charge in [-0.2, -0.15) is 0 Å². The van der Waals surface area contributed by atoms with E-state index in [2.05, 4.69) is 49.8 Å². The van der Waals surface area contributed by atoms with Crippen LogP contribution in [0.25, 0.3) is 0 Å². The molecule has 2 aliphatic rings. The fourth-order valence-corrected chi connectivity index (χ4v) is 2.75. The maximum Gasteiger partial charge on any atom is 0.128 e. The van der Waals surface area contributed by atoms with Crippen LogP contribution in [-0.2, 0) is 4.74 Å². The van der Waals surface area contributed by atoms with Gasteiger partial charge in [0.05, 0.1) is 18.4 Å².